The molecule has 4 rings (SSSR count). The van der Waals surface area contributed by atoms with Crippen molar-refractivity contribution < 1.29 is 23.7 Å². The summed E-state index contributed by atoms with van der Waals surface area (Å²) in [5.41, 5.74) is 0.319. The lowest BCUT2D eigenvalue weighted by Gasteiger charge is -2.24. The second kappa shape index (κ2) is 5.64. The van der Waals surface area contributed by atoms with Gasteiger partial charge in [0.2, 0.25) is 5.43 Å². The first-order valence-corrected chi connectivity index (χ1v) is 8.37. The van der Waals surface area contributed by atoms with Crippen LogP contribution in [0.4, 0.5) is 0 Å². The molecule has 3 aromatic rings. The Bertz CT molecular complexity index is 1070. The minimum atomic E-state index is -1.03. The van der Waals surface area contributed by atoms with Gasteiger partial charge in [-0.25, -0.2) is 0 Å². The van der Waals surface area contributed by atoms with Gasteiger partial charge in [0.25, 0.3) is 0 Å². The quantitative estimate of drug-likeness (QED) is 0.727. The average molecular weight is 356 g/mol. The lowest BCUT2D eigenvalue weighted by Crippen LogP contribution is -2.39. The normalized spacial score (nSPS) is 16.6. The van der Waals surface area contributed by atoms with E-state index in [1.807, 2.05) is 0 Å². The van der Waals surface area contributed by atoms with Crippen LogP contribution in [0.5, 0.6) is 17.2 Å². The van der Waals surface area contributed by atoms with E-state index in [1.165, 1.54) is 14.2 Å². The summed E-state index contributed by atoms with van der Waals surface area (Å²) >= 11 is 0. The van der Waals surface area contributed by atoms with Crippen molar-refractivity contribution in [1.82, 2.24) is 0 Å². The van der Waals surface area contributed by atoms with Gasteiger partial charge < -0.3 is 23.7 Å². The first-order chi connectivity index (χ1) is 12.3. The number of fused-ring (bicyclic) bond motifs is 4. The zero-order chi connectivity index (χ0) is 18.6. The molecule has 0 bridgehead atoms. The van der Waals surface area contributed by atoms with E-state index in [-0.39, 0.29) is 5.43 Å². The molecule has 1 N–H and O–H groups in total. The lowest BCUT2D eigenvalue weighted by molar-refractivity contribution is -0.0229. The first kappa shape index (κ1) is 16.7. The van der Waals surface area contributed by atoms with Crippen molar-refractivity contribution >= 4 is 21.9 Å². The van der Waals surface area contributed by atoms with Crippen LogP contribution in [0.15, 0.2) is 33.5 Å². The summed E-state index contributed by atoms with van der Waals surface area (Å²) in [5.74, 6) is 1.42. The van der Waals surface area contributed by atoms with Crippen molar-refractivity contribution in [2.24, 2.45) is 0 Å². The Labute approximate surface area is 149 Å². The van der Waals surface area contributed by atoms with Crippen molar-refractivity contribution in [2.45, 2.75) is 32.0 Å². The van der Waals surface area contributed by atoms with Crippen LogP contribution < -0.4 is 19.6 Å². The fourth-order valence-corrected chi connectivity index (χ4v) is 3.41. The standard InChI is InChI=1S/C20H20O6/c1-20(2,22)15-8-11-13(25-15)9-14(24-4)16-17(21)10-6-5-7-12(23-3)18(10)26-19(11)16/h5-7,9,15,22H,8H2,1-4H3/t15-/m1/s1. The van der Waals surface area contributed by atoms with E-state index in [9.17, 15) is 9.90 Å². The summed E-state index contributed by atoms with van der Waals surface area (Å²) in [6.07, 6.45) is -0.00499. The minimum Gasteiger partial charge on any atom is -0.496 e. The Morgan fingerprint density at radius 2 is 1.88 bits per heavy atom. The van der Waals surface area contributed by atoms with E-state index in [0.29, 0.717) is 45.6 Å². The van der Waals surface area contributed by atoms with Crippen LogP contribution >= 0.6 is 0 Å². The molecule has 0 unspecified atom stereocenters. The maximum absolute atomic E-state index is 13.1. The molecule has 0 spiro atoms. The monoisotopic (exact) mass is 356 g/mol. The number of hydrogen-bond donors (Lipinski definition) is 1. The number of hydrogen-bond acceptors (Lipinski definition) is 6. The maximum atomic E-state index is 13.1. The Morgan fingerprint density at radius 3 is 2.54 bits per heavy atom. The number of benzene rings is 2. The molecule has 136 valence electrons. The summed E-state index contributed by atoms with van der Waals surface area (Å²) in [6, 6.07) is 6.88. The van der Waals surface area contributed by atoms with Gasteiger partial charge in [-0.1, -0.05) is 6.07 Å². The van der Waals surface area contributed by atoms with E-state index in [0.717, 1.165) is 5.56 Å². The fraction of sp³-hybridized carbons (Fsp3) is 0.350. The summed E-state index contributed by atoms with van der Waals surface area (Å²) in [6.45, 7) is 3.38. The van der Waals surface area contributed by atoms with Crippen molar-refractivity contribution in [2.75, 3.05) is 14.2 Å². The highest BCUT2D eigenvalue weighted by molar-refractivity contribution is 5.97. The van der Waals surface area contributed by atoms with Gasteiger partial charge in [0.1, 0.15) is 28.6 Å². The van der Waals surface area contributed by atoms with Crippen molar-refractivity contribution in [3.05, 3.63) is 40.1 Å². The van der Waals surface area contributed by atoms with Gasteiger partial charge in [0.15, 0.2) is 11.3 Å². The predicted octanol–water partition coefficient (Wildman–Crippen LogP) is 3.04. The van der Waals surface area contributed by atoms with Crippen LogP contribution in [0, 0.1) is 0 Å². The zero-order valence-corrected chi connectivity index (χ0v) is 15.1. The molecular formula is C20H20O6. The minimum absolute atomic E-state index is 0.188. The summed E-state index contributed by atoms with van der Waals surface area (Å²) in [5, 5.41) is 11.1. The molecule has 2 heterocycles. The Morgan fingerprint density at radius 1 is 1.15 bits per heavy atom. The third-order valence-electron chi connectivity index (χ3n) is 4.85. The van der Waals surface area contributed by atoms with E-state index < -0.39 is 11.7 Å². The van der Waals surface area contributed by atoms with Crippen LogP contribution in [0.3, 0.4) is 0 Å². The summed E-state index contributed by atoms with van der Waals surface area (Å²) in [7, 11) is 3.03. The molecule has 1 atom stereocenters. The molecule has 1 aliphatic rings. The molecule has 2 aromatic carbocycles. The fourth-order valence-electron chi connectivity index (χ4n) is 3.41. The largest absolute Gasteiger partial charge is 0.496 e. The molecule has 0 aliphatic carbocycles. The van der Waals surface area contributed by atoms with Crippen LogP contribution in [0.1, 0.15) is 19.4 Å². The second-order valence-corrected chi connectivity index (χ2v) is 6.99. The Hall–Kier alpha value is -2.73. The van der Waals surface area contributed by atoms with Crippen LogP contribution in [0.2, 0.25) is 0 Å². The van der Waals surface area contributed by atoms with Gasteiger partial charge in [0.05, 0.1) is 25.2 Å². The zero-order valence-electron chi connectivity index (χ0n) is 15.1. The molecule has 0 fully saturated rings. The SMILES string of the molecule is COc1cccc2c(=O)c3c(OC)cc4c(c3oc12)C[C@H](C(C)(C)O)O4. The topological polar surface area (TPSA) is 78.1 Å². The van der Waals surface area contributed by atoms with Crippen LogP contribution in [-0.2, 0) is 6.42 Å². The molecule has 1 aliphatic heterocycles. The van der Waals surface area contributed by atoms with Gasteiger partial charge >= 0.3 is 0 Å². The maximum Gasteiger partial charge on any atom is 0.204 e. The first-order valence-electron chi connectivity index (χ1n) is 8.37. The molecule has 0 radical (unpaired) electrons. The number of methoxy groups -OCH3 is 2. The predicted molar refractivity (Wildman–Crippen MR) is 97.5 cm³/mol. The van der Waals surface area contributed by atoms with E-state index in [1.54, 1.807) is 38.1 Å². The molecular weight excluding hydrogens is 336 g/mol. The molecule has 6 nitrogen and oxygen atoms in total. The highest BCUT2D eigenvalue weighted by Gasteiger charge is 2.37. The van der Waals surface area contributed by atoms with Crippen molar-refractivity contribution in [3.8, 4) is 17.2 Å². The van der Waals surface area contributed by atoms with Gasteiger partial charge in [-0.15, -0.1) is 0 Å². The van der Waals surface area contributed by atoms with Crippen molar-refractivity contribution in [1.29, 1.82) is 0 Å². The average Bonchev–Trinajstić information content (AvgIpc) is 3.05. The smallest absolute Gasteiger partial charge is 0.204 e. The summed E-state index contributed by atoms with van der Waals surface area (Å²) in [4.78, 5) is 13.1. The molecule has 0 saturated carbocycles. The highest BCUT2D eigenvalue weighted by Crippen LogP contribution is 2.43. The van der Waals surface area contributed by atoms with E-state index >= 15 is 0 Å². The Kier molecular flexibility index (Phi) is 3.63. The number of rotatable bonds is 3. The number of para-hydroxylation sites is 1. The van der Waals surface area contributed by atoms with Gasteiger partial charge in [-0.05, 0) is 26.0 Å². The highest BCUT2D eigenvalue weighted by atomic mass is 16.5. The molecule has 0 amide bonds. The third kappa shape index (κ3) is 2.33. The lowest BCUT2D eigenvalue weighted by atomic mass is 9.96. The Balaban J connectivity index is 2.10. The second-order valence-electron chi connectivity index (χ2n) is 6.99. The third-order valence-corrected chi connectivity index (χ3v) is 4.85. The number of ether oxygens (including phenoxy) is 3. The van der Waals surface area contributed by atoms with Crippen LogP contribution in [0.25, 0.3) is 21.9 Å². The van der Waals surface area contributed by atoms with E-state index in [2.05, 4.69) is 0 Å². The van der Waals surface area contributed by atoms with Crippen LogP contribution in [-0.4, -0.2) is 31.0 Å². The van der Waals surface area contributed by atoms with Gasteiger partial charge in [0, 0.05) is 18.1 Å². The van der Waals surface area contributed by atoms with Gasteiger partial charge in [-0.2, -0.15) is 0 Å². The van der Waals surface area contributed by atoms with E-state index in [4.69, 9.17) is 18.6 Å². The molecule has 1 aromatic heterocycles. The van der Waals surface area contributed by atoms with Crippen molar-refractivity contribution in [3.63, 3.8) is 0 Å². The van der Waals surface area contributed by atoms with Gasteiger partial charge in [-0.3, -0.25) is 4.79 Å². The molecule has 26 heavy (non-hydrogen) atoms. The number of aliphatic hydroxyl groups is 1. The summed E-state index contributed by atoms with van der Waals surface area (Å²) < 4.78 is 22.8. The molecule has 0 saturated heterocycles. The molecule has 6 heteroatoms.